The Morgan fingerprint density at radius 1 is 1.24 bits per heavy atom. The van der Waals surface area contributed by atoms with E-state index in [1.54, 1.807) is 12.1 Å². The molecule has 17 heavy (non-hydrogen) atoms. The van der Waals surface area contributed by atoms with Crippen LogP contribution in [0.25, 0.3) is 0 Å². The summed E-state index contributed by atoms with van der Waals surface area (Å²) in [4.78, 5) is 23.4. The van der Waals surface area contributed by atoms with Gasteiger partial charge in [0.25, 0.3) is 0 Å². The van der Waals surface area contributed by atoms with Crippen LogP contribution in [0, 0.1) is 12.8 Å². The second kappa shape index (κ2) is 5.48. The van der Waals surface area contributed by atoms with Crippen LogP contribution in [-0.2, 0) is 9.53 Å². The lowest BCUT2D eigenvalue weighted by Gasteiger charge is -2.12. The number of methoxy groups -OCH3 is 2. The summed E-state index contributed by atoms with van der Waals surface area (Å²) in [6.45, 7) is 3.40. The molecule has 1 atom stereocenters. The number of carbonyl (C=O) groups excluding carboxylic acids is 2. The van der Waals surface area contributed by atoms with Crippen LogP contribution in [-0.4, -0.2) is 26.0 Å². The van der Waals surface area contributed by atoms with Crippen molar-refractivity contribution in [2.45, 2.75) is 13.8 Å². The van der Waals surface area contributed by atoms with Gasteiger partial charge in [0, 0.05) is 0 Å². The molecule has 0 saturated carbocycles. The Balaban J connectivity index is 3.10. The van der Waals surface area contributed by atoms with Crippen molar-refractivity contribution in [3.63, 3.8) is 0 Å². The molecule has 4 nitrogen and oxygen atoms in total. The highest BCUT2D eigenvalue weighted by Crippen LogP contribution is 2.23. The molecule has 1 aromatic carbocycles. The Hall–Kier alpha value is -1.84. The van der Waals surface area contributed by atoms with Gasteiger partial charge in [-0.15, -0.1) is 0 Å². The largest absolute Gasteiger partial charge is 0.496 e. The van der Waals surface area contributed by atoms with Crippen molar-refractivity contribution in [1.82, 2.24) is 0 Å². The normalized spacial score (nSPS) is 11.8. The van der Waals surface area contributed by atoms with Gasteiger partial charge in [-0.25, -0.2) is 0 Å². The maximum atomic E-state index is 12.1. The Morgan fingerprint density at radius 2 is 1.88 bits per heavy atom. The van der Waals surface area contributed by atoms with E-state index in [0.717, 1.165) is 5.56 Å². The molecule has 1 aromatic rings. The van der Waals surface area contributed by atoms with Crippen molar-refractivity contribution in [3.05, 3.63) is 29.3 Å². The maximum Gasteiger partial charge on any atom is 0.316 e. The van der Waals surface area contributed by atoms with E-state index in [2.05, 4.69) is 4.74 Å². The van der Waals surface area contributed by atoms with Crippen molar-refractivity contribution < 1.29 is 19.1 Å². The Kier molecular flexibility index (Phi) is 4.26. The van der Waals surface area contributed by atoms with Gasteiger partial charge in [0.2, 0.25) is 0 Å². The second-order valence-corrected chi connectivity index (χ2v) is 3.81. The highest BCUT2D eigenvalue weighted by Gasteiger charge is 2.25. The van der Waals surface area contributed by atoms with Gasteiger partial charge < -0.3 is 9.47 Å². The molecule has 92 valence electrons. The molecule has 0 N–H and O–H groups in total. The SMILES string of the molecule is COC(=O)C(C)C(=O)c1cc(C)ccc1OC. The summed E-state index contributed by atoms with van der Waals surface area (Å²) in [5.74, 6) is -1.19. The average Bonchev–Trinajstić information content (AvgIpc) is 2.35. The zero-order valence-electron chi connectivity index (χ0n) is 10.4. The molecule has 0 radical (unpaired) electrons. The fourth-order valence-electron chi connectivity index (χ4n) is 1.53. The Labute approximate surface area is 101 Å². The van der Waals surface area contributed by atoms with Crippen LogP contribution in [0.1, 0.15) is 22.8 Å². The van der Waals surface area contributed by atoms with Crippen LogP contribution in [0.15, 0.2) is 18.2 Å². The average molecular weight is 236 g/mol. The standard InChI is InChI=1S/C13H16O4/c1-8-5-6-11(16-3)10(7-8)12(14)9(2)13(15)17-4/h5-7,9H,1-4H3. The molecule has 0 aliphatic heterocycles. The number of hydrogen-bond acceptors (Lipinski definition) is 4. The van der Waals surface area contributed by atoms with Gasteiger partial charge in [0.05, 0.1) is 19.8 Å². The highest BCUT2D eigenvalue weighted by atomic mass is 16.5. The first-order chi connectivity index (χ1) is 8.01. The minimum atomic E-state index is -0.823. The maximum absolute atomic E-state index is 12.1. The van der Waals surface area contributed by atoms with Gasteiger partial charge in [0.1, 0.15) is 11.7 Å². The number of benzene rings is 1. The lowest BCUT2D eigenvalue weighted by Crippen LogP contribution is -2.22. The van der Waals surface area contributed by atoms with Crippen LogP contribution in [0.5, 0.6) is 5.75 Å². The molecule has 0 fully saturated rings. The number of Topliss-reactive ketones (excluding diaryl/α,β-unsaturated/α-hetero) is 1. The summed E-state index contributed by atoms with van der Waals surface area (Å²) in [5, 5.41) is 0. The lowest BCUT2D eigenvalue weighted by atomic mass is 9.97. The van der Waals surface area contributed by atoms with Gasteiger partial charge >= 0.3 is 5.97 Å². The summed E-state index contributed by atoms with van der Waals surface area (Å²) in [6.07, 6.45) is 0. The number of rotatable bonds is 4. The zero-order valence-corrected chi connectivity index (χ0v) is 10.4. The van der Waals surface area contributed by atoms with Crippen LogP contribution >= 0.6 is 0 Å². The molecular formula is C13H16O4. The summed E-state index contributed by atoms with van der Waals surface area (Å²) in [7, 11) is 2.75. The third-order valence-electron chi connectivity index (χ3n) is 2.57. The molecule has 0 amide bonds. The third kappa shape index (κ3) is 2.84. The molecule has 0 aromatic heterocycles. The van der Waals surface area contributed by atoms with Gasteiger partial charge in [-0.2, -0.15) is 0 Å². The number of ether oxygens (including phenoxy) is 2. The molecule has 1 unspecified atom stereocenters. The van der Waals surface area contributed by atoms with Crippen molar-refractivity contribution in [2.24, 2.45) is 5.92 Å². The highest BCUT2D eigenvalue weighted by molar-refractivity contribution is 6.09. The minimum absolute atomic E-state index is 0.294. The second-order valence-electron chi connectivity index (χ2n) is 3.81. The van der Waals surface area contributed by atoms with Gasteiger partial charge in [-0.3, -0.25) is 9.59 Å². The first-order valence-corrected chi connectivity index (χ1v) is 5.28. The van der Waals surface area contributed by atoms with E-state index in [4.69, 9.17) is 4.74 Å². The Bertz CT molecular complexity index is 437. The van der Waals surface area contributed by atoms with E-state index in [-0.39, 0.29) is 5.78 Å². The molecule has 0 aliphatic carbocycles. The van der Waals surface area contributed by atoms with E-state index in [0.29, 0.717) is 11.3 Å². The first-order valence-electron chi connectivity index (χ1n) is 5.28. The number of carbonyl (C=O) groups is 2. The summed E-state index contributed by atoms with van der Waals surface area (Å²) >= 11 is 0. The van der Waals surface area contributed by atoms with Gasteiger partial charge in [-0.05, 0) is 26.0 Å². The summed E-state index contributed by atoms with van der Waals surface area (Å²) in [5.41, 5.74) is 1.34. The van der Waals surface area contributed by atoms with Crippen LogP contribution in [0.2, 0.25) is 0 Å². The predicted molar refractivity (Wildman–Crippen MR) is 63.2 cm³/mol. The molecule has 0 saturated heterocycles. The fourth-order valence-corrected chi connectivity index (χ4v) is 1.53. The van der Waals surface area contributed by atoms with Crippen molar-refractivity contribution >= 4 is 11.8 Å². The molecule has 1 rings (SSSR count). The predicted octanol–water partition coefficient (Wildman–Crippen LogP) is 2.00. The minimum Gasteiger partial charge on any atom is -0.496 e. The molecule has 4 heteroatoms. The molecule has 0 heterocycles. The Morgan fingerprint density at radius 3 is 2.41 bits per heavy atom. The van der Waals surface area contributed by atoms with Crippen molar-refractivity contribution in [3.8, 4) is 5.75 Å². The van der Waals surface area contributed by atoms with Gasteiger partial charge in [-0.1, -0.05) is 11.6 Å². The molecule has 0 bridgehead atoms. The van der Waals surface area contributed by atoms with Crippen LogP contribution in [0.3, 0.4) is 0 Å². The van der Waals surface area contributed by atoms with Crippen molar-refractivity contribution in [1.29, 1.82) is 0 Å². The number of esters is 1. The number of aryl methyl sites for hydroxylation is 1. The summed E-state index contributed by atoms with van der Waals surface area (Å²) in [6, 6.07) is 5.27. The monoisotopic (exact) mass is 236 g/mol. The smallest absolute Gasteiger partial charge is 0.316 e. The van der Waals surface area contributed by atoms with Gasteiger partial charge in [0.15, 0.2) is 5.78 Å². The van der Waals surface area contributed by atoms with E-state index in [9.17, 15) is 9.59 Å². The fraction of sp³-hybridized carbons (Fsp3) is 0.385. The third-order valence-corrected chi connectivity index (χ3v) is 2.57. The lowest BCUT2D eigenvalue weighted by molar-refractivity contribution is -0.143. The number of hydrogen-bond donors (Lipinski definition) is 0. The molecule has 0 spiro atoms. The topological polar surface area (TPSA) is 52.6 Å². The summed E-state index contributed by atoms with van der Waals surface area (Å²) < 4.78 is 9.67. The van der Waals surface area contributed by atoms with E-state index in [1.807, 2.05) is 13.0 Å². The quantitative estimate of drug-likeness (QED) is 0.456. The van der Waals surface area contributed by atoms with Crippen molar-refractivity contribution in [2.75, 3.05) is 14.2 Å². The number of ketones is 1. The first kappa shape index (κ1) is 13.2. The van der Waals surface area contributed by atoms with E-state index in [1.165, 1.54) is 21.1 Å². The van der Waals surface area contributed by atoms with E-state index >= 15 is 0 Å². The zero-order chi connectivity index (χ0) is 13.0. The molecular weight excluding hydrogens is 220 g/mol. The van der Waals surface area contributed by atoms with Crippen LogP contribution < -0.4 is 4.74 Å². The van der Waals surface area contributed by atoms with Crippen LogP contribution in [0.4, 0.5) is 0 Å². The molecule has 0 aliphatic rings. The van der Waals surface area contributed by atoms with E-state index < -0.39 is 11.9 Å².